The van der Waals surface area contributed by atoms with E-state index in [1.807, 2.05) is 18.2 Å². The number of nitrogens with zero attached hydrogens (tertiary/aromatic N) is 1. The van der Waals surface area contributed by atoms with Crippen LogP contribution >= 0.6 is 0 Å². The fraction of sp³-hybridized carbons (Fsp3) is 0.588. The number of ether oxygens (including phenoxy) is 1. The highest BCUT2D eigenvalue weighted by molar-refractivity contribution is 5.90. The lowest BCUT2D eigenvalue weighted by Gasteiger charge is -2.32. The van der Waals surface area contributed by atoms with E-state index in [-0.39, 0.29) is 5.97 Å². The normalized spacial score (nSPS) is 26.2. The second kappa shape index (κ2) is 5.96. The summed E-state index contributed by atoms with van der Waals surface area (Å²) in [5.74, 6) is 0.661. The van der Waals surface area contributed by atoms with E-state index in [2.05, 4.69) is 11.0 Å². The van der Waals surface area contributed by atoms with E-state index < -0.39 is 0 Å². The molecule has 1 aliphatic heterocycles. The average molecular weight is 273 g/mol. The Hall–Kier alpha value is -1.35. The number of likely N-dealkylation sites (tertiary alicyclic amines) is 1. The lowest BCUT2D eigenvalue weighted by atomic mass is 9.85. The Morgan fingerprint density at radius 2 is 2.05 bits per heavy atom. The first-order chi connectivity index (χ1) is 9.79. The Kier molecular flexibility index (Phi) is 4.06. The molecule has 1 aromatic rings. The van der Waals surface area contributed by atoms with E-state index in [0.717, 1.165) is 24.1 Å². The van der Waals surface area contributed by atoms with Crippen LogP contribution < -0.4 is 0 Å². The molecule has 2 aliphatic rings. The number of carbonyl (C=O) groups excluding carboxylic acids is 1. The van der Waals surface area contributed by atoms with E-state index in [1.165, 1.54) is 45.8 Å². The first-order valence-corrected chi connectivity index (χ1v) is 7.70. The number of hydrogen-bond donors (Lipinski definition) is 0. The van der Waals surface area contributed by atoms with Gasteiger partial charge in [-0.25, -0.2) is 4.79 Å². The maximum atomic E-state index is 11.9. The summed E-state index contributed by atoms with van der Waals surface area (Å²) < 4.78 is 4.89. The van der Waals surface area contributed by atoms with Crippen LogP contribution in [0.15, 0.2) is 24.3 Å². The number of hydrogen-bond acceptors (Lipinski definition) is 3. The number of esters is 1. The summed E-state index contributed by atoms with van der Waals surface area (Å²) in [5.41, 5.74) is 1.82. The number of benzene rings is 1. The van der Waals surface area contributed by atoms with Crippen molar-refractivity contribution in [3.8, 4) is 0 Å². The van der Waals surface area contributed by atoms with E-state index in [0.29, 0.717) is 5.56 Å². The Balaban J connectivity index is 1.76. The molecule has 0 amide bonds. The smallest absolute Gasteiger partial charge is 0.338 e. The largest absolute Gasteiger partial charge is 0.465 e. The summed E-state index contributed by atoms with van der Waals surface area (Å²) >= 11 is 0. The Bertz CT molecular complexity index is 486. The van der Waals surface area contributed by atoms with Crippen molar-refractivity contribution >= 4 is 5.97 Å². The van der Waals surface area contributed by atoms with Gasteiger partial charge >= 0.3 is 5.97 Å². The number of rotatable bonds is 3. The zero-order chi connectivity index (χ0) is 13.9. The number of carbonyl (C=O) groups is 1. The van der Waals surface area contributed by atoms with Gasteiger partial charge in [0, 0.05) is 12.6 Å². The molecule has 0 spiro atoms. The molecule has 0 N–H and O–H groups in total. The molecular weight excluding hydrogens is 250 g/mol. The number of methoxy groups -OCH3 is 1. The monoisotopic (exact) mass is 273 g/mol. The molecule has 1 saturated heterocycles. The molecule has 1 saturated carbocycles. The molecule has 1 aliphatic carbocycles. The van der Waals surface area contributed by atoms with E-state index in [4.69, 9.17) is 4.74 Å². The van der Waals surface area contributed by atoms with Crippen LogP contribution in [-0.4, -0.2) is 30.6 Å². The van der Waals surface area contributed by atoms with Crippen LogP contribution in [0, 0.1) is 5.92 Å². The van der Waals surface area contributed by atoms with Gasteiger partial charge in [-0.05, 0) is 43.4 Å². The van der Waals surface area contributed by atoms with Crippen LogP contribution in [0.4, 0.5) is 0 Å². The summed E-state index contributed by atoms with van der Waals surface area (Å²) in [4.78, 5) is 14.4. The van der Waals surface area contributed by atoms with Crippen molar-refractivity contribution in [2.24, 2.45) is 5.92 Å². The topological polar surface area (TPSA) is 29.5 Å². The standard InChI is InChI=1S/C17H23NO2/c1-20-17(19)15-8-4-2-7-14(15)12-18-11-10-13-6-3-5-9-16(13)18/h2,4,7-8,13,16H,3,5-6,9-12H2,1H3. The summed E-state index contributed by atoms with van der Waals surface area (Å²) in [6.07, 6.45) is 6.79. The first-order valence-electron chi connectivity index (χ1n) is 7.70. The third-order valence-corrected chi connectivity index (χ3v) is 4.92. The summed E-state index contributed by atoms with van der Waals surface area (Å²) in [6.45, 7) is 2.05. The van der Waals surface area contributed by atoms with E-state index in [1.54, 1.807) is 0 Å². The molecular formula is C17H23NO2. The Morgan fingerprint density at radius 1 is 1.25 bits per heavy atom. The zero-order valence-electron chi connectivity index (χ0n) is 12.2. The van der Waals surface area contributed by atoms with Crippen LogP contribution in [0.1, 0.15) is 48.0 Å². The van der Waals surface area contributed by atoms with Crippen molar-refractivity contribution in [3.63, 3.8) is 0 Å². The second-order valence-corrected chi connectivity index (χ2v) is 6.02. The molecule has 3 heteroatoms. The molecule has 0 bridgehead atoms. The van der Waals surface area contributed by atoms with Gasteiger partial charge in [0.2, 0.25) is 0 Å². The van der Waals surface area contributed by atoms with Gasteiger partial charge in [0.25, 0.3) is 0 Å². The predicted molar refractivity (Wildman–Crippen MR) is 78.6 cm³/mol. The van der Waals surface area contributed by atoms with Gasteiger partial charge in [-0.3, -0.25) is 4.90 Å². The van der Waals surface area contributed by atoms with Crippen molar-refractivity contribution < 1.29 is 9.53 Å². The van der Waals surface area contributed by atoms with E-state index in [9.17, 15) is 4.79 Å². The van der Waals surface area contributed by atoms with Crippen molar-refractivity contribution in [2.45, 2.75) is 44.7 Å². The molecule has 1 heterocycles. The van der Waals surface area contributed by atoms with Crippen LogP contribution in [0.5, 0.6) is 0 Å². The van der Waals surface area contributed by atoms with Crippen molar-refractivity contribution in [2.75, 3.05) is 13.7 Å². The fourth-order valence-electron chi connectivity index (χ4n) is 3.89. The zero-order valence-corrected chi connectivity index (χ0v) is 12.2. The van der Waals surface area contributed by atoms with Gasteiger partial charge in [-0.15, -0.1) is 0 Å². The lowest BCUT2D eigenvalue weighted by Crippen LogP contribution is -2.34. The van der Waals surface area contributed by atoms with Gasteiger partial charge in [-0.2, -0.15) is 0 Å². The minimum atomic E-state index is -0.222. The highest BCUT2D eigenvalue weighted by atomic mass is 16.5. The summed E-state index contributed by atoms with van der Waals surface area (Å²) in [5, 5.41) is 0. The summed E-state index contributed by atoms with van der Waals surface area (Å²) in [7, 11) is 1.45. The van der Waals surface area contributed by atoms with Crippen LogP contribution in [0.3, 0.4) is 0 Å². The molecule has 1 aromatic carbocycles. The molecule has 2 unspecified atom stereocenters. The van der Waals surface area contributed by atoms with E-state index >= 15 is 0 Å². The second-order valence-electron chi connectivity index (χ2n) is 6.02. The molecule has 3 nitrogen and oxygen atoms in total. The highest BCUT2D eigenvalue weighted by Crippen LogP contribution is 2.37. The van der Waals surface area contributed by atoms with Crippen molar-refractivity contribution in [3.05, 3.63) is 35.4 Å². The average Bonchev–Trinajstić information content (AvgIpc) is 2.90. The van der Waals surface area contributed by atoms with Gasteiger partial charge in [0.15, 0.2) is 0 Å². The van der Waals surface area contributed by atoms with Crippen LogP contribution in [0.2, 0.25) is 0 Å². The first kappa shape index (κ1) is 13.6. The third-order valence-electron chi connectivity index (χ3n) is 4.92. The maximum absolute atomic E-state index is 11.9. The predicted octanol–water partition coefficient (Wildman–Crippen LogP) is 3.24. The van der Waals surface area contributed by atoms with Crippen molar-refractivity contribution in [1.82, 2.24) is 4.90 Å². The van der Waals surface area contributed by atoms with Crippen molar-refractivity contribution in [1.29, 1.82) is 0 Å². The molecule has 2 atom stereocenters. The number of fused-ring (bicyclic) bond motifs is 1. The minimum absolute atomic E-state index is 0.222. The SMILES string of the molecule is COC(=O)c1ccccc1CN1CCC2CCCCC21. The van der Waals surface area contributed by atoms with Gasteiger partial charge in [0.1, 0.15) is 0 Å². The maximum Gasteiger partial charge on any atom is 0.338 e. The van der Waals surface area contributed by atoms with Gasteiger partial charge in [0.05, 0.1) is 12.7 Å². The molecule has 2 fully saturated rings. The minimum Gasteiger partial charge on any atom is -0.465 e. The fourth-order valence-corrected chi connectivity index (χ4v) is 3.89. The van der Waals surface area contributed by atoms with Gasteiger partial charge < -0.3 is 4.74 Å². The van der Waals surface area contributed by atoms with Crippen LogP contribution in [-0.2, 0) is 11.3 Å². The van der Waals surface area contributed by atoms with Crippen LogP contribution in [0.25, 0.3) is 0 Å². The van der Waals surface area contributed by atoms with Gasteiger partial charge in [-0.1, -0.05) is 31.0 Å². The Morgan fingerprint density at radius 3 is 2.90 bits per heavy atom. The molecule has 20 heavy (non-hydrogen) atoms. The Labute approximate surface area is 120 Å². The lowest BCUT2D eigenvalue weighted by molar-refractivity contribution is 0.0597. The quantitative estimate of drug-likeness (QED) is 0.792. The summed E-state index contributed by atoms with van der Waals surface area (Å²) in [6, 6.07) is 8.58. The highest BCUT2D eigenvalue weighted by Gasteiger charge is 2.35. The third kappa shape index (κ3) is 2.59. The molecule has 0 aromatic heterocycles. The molecule has 108 valence electrons. The molecule has 3 rings (SSSR count). The molecule has 0 radical (unpaired) electrons.